The van der Waals surface area contributed by atoms with Gasteiger partial charge in [-0.15, -0.1) is 11.3 Å². The van der Waals surface area contributed by atoms with Crippen LogP contribution in [0.2, 0.25) is 0 Å². The number of piperazine rings is 1. The van der Waals surface area contributed by atoms with Crippen molar-refractivity contribution >= 4 is 27.4 Å². The maximum Gasteiger partial charge on any atom is 0.240 e. The molecule has 9 heteroatoms. The van der Waals surface area contributed by atoms with Gasteiger partial charge < -0.3 is 9.42 Å². The summed E-state index contributed by atoms with van der Waals surface area (Å²) in [7, 11) is 0. The van der Waals surface area contributed by atoms with E-state index in [1.807, 2.05) is 11.3 Å². The number of aryl methyl sites for hydroxylation is 2. The fourth-order valence-corrected chi connectivity index (χ4v) is 6.89. The lowest BCUT2D eigenvalue weighted by atomic mass is 9.99. The van der Waals surface area contributed by atoms with E-state index in [1.165, 1.54) is 58.6 Å². The van der Waals surface area contributed by atoms with Crippen LogP contribution in [0.4, 0.5) is 5.82 Å². The van der Waals surface area contributed by atoms with Gasteiger partial charge in [0.05, 0.1) is 18.5 Å². The van der Waals surface area contributed by atoms with E-state index in [0.29, 0.717) is 5.92 Å². The first-order valence-corrected chi connectivity index (χ1v) is 14.2. The summed E-state index contributed by atoms with van der Waals surface area (Å²) in [4.78, 5) is 25.1. The summed E-state index contributed by atoms with van der Waals surface area (Å²) in [5, 5.41) is 5.46. The van der Waals surface area contributed by atoms with E-state index in [2.05, 4.69) is 45.6 Å². The fourth-order valence-electron chi connectivity index (χ4n) is 5.62. The largest absolute Gasteiger partial charge is 0.353 e. The molecule has 0 atom stereocenters. The topological polar surface area (TPSA) is 74.4 Å². The zero-order valence-electron chi connectivity index (χ0n) is 21.3. The Morgan fingerprint density at radius 3 is 2.46 bits per heavy atom. The van der Waals surface area contributed by atoms with Crippen molar-refractivity contribution in [2.24, 2.45) is 5.92 Å². The van der Waals surface area contributed by atoms with Crippen LogP contribution in [-0.2, 0) is 25.9 Å². The normalized spacial score (nSPS) is 20.4. The summed E-state index contributed by atoms with van der Waals surface area (Å²) < 4.78 is 5.49. The fraction of sp³-hybridized carbons (Fsp3) is 0.692. The van der Waals surface area contributed by atoms with Crippen LogP contribution in [0.1, 0.15) is 73.9 Å². The van der Waals surface area contributed by atoms with Crippen molar-refractivity contribution in [2.45, 2.75) is 71.9 Å². The molecule has 5 heterocycles. The number of fused-ring (bicyclic) bond motifs is 3. The van der Waals surface area contributed by atoms with Gasteiger partial charge in [0, 0.05) is 37.0 Å². The van der Waals surface area contributed by atoms with Gasteiger partial charge in [0.25, 0.3) is 0 Å². The SMILES string of the molecule is CC1CCN(Cc2nc(N3CCN(Cc4nc(C(C)C)no4)CC3)c3c4c(sc3n2)CCC4)CC1. The first-order chi connectivity index (χ1) is 17.0. The Bertz CT molecular complexity index is 1170. The van der Waals surface area contributed by atoms with Crippen LogP contribution in [0.5, 0.6) is 0 Å². The van der Waals surface area contributed by atoms with E-state index in [1.54, 1.807) is 0 Å². The highest BCUT2D eigenvalue weighted by atomic mass is 32.1. The van der Waals surface area contributed by atoms with Crippen LogP contribution in [0.3, 0.4) is 0 Å². The zero-order chi connectivity index (χ0) is 23.9. The van der Waals surface area contributed by atoms with E-state index >= 15 is 0 Å². The summed E-state index contributed by atoms with van der Waals surface area (Å²) in [5.41, 5.74) is 1.52. The number of nitrogens with zero attached hydrogens (tertiary/aromatic N) is 7. The van der Waals surface area contributed by atoms with Crippen molar-refractivity contribution in [1.29, 1.82) is 0 Å². The second-order valence-corrected chi connectivity index (χ2v) is 12.0. The molecule has 2 saturated heterocycles. The minimum absolute atomic E-state index is 0.291. The summed E-state index contributed by atoms with van der Waals surface area (Å²) in [5.74, 6) is 4.82. The number of thiophene rings is 1. The van der Waals surface area contributed by atoms with Gasteiger partial charge in [-0.25, -0.2) is 9.97 Å². The number of hydrogen-bond acceptors (Lipinski definition) is 9. The van der Waals surface area contributed by atoms with E-state index in [9.17, 15) is 0 Å². The maximum absolute atomic E-state index is 5.49. The first kappa shape index (κ1) is 23.3. The van der Waals surface area contributed by atoms with Crippen LogP contribution in [0.15, 0.2) is 4.52 Å². The summed E-state index contributed by atoms with van der Waals surface area (Å²) >= 11 is 1.91. The van der Waals surface area contributed by atoms with Gasteiger partial charge in [-0.1, -0.05) is 25.9 Å². The third-order valence-corrected chi connectivity index (χ3v) is 9.05. The Hall–Kier alpha value is -2.10. The molecule has 1 aliphatic carbocycles. The number of anilines is 1. The summed E-state index contributed by atoms with van der Waals surface area (Å²) in [6.07, 6.45) is 6.20. The second-order valence-electron chi connectivity index (χ2n) is 10.9. The minimum atomic E-state index is 0.291. The van der Waals surface area contributed by atoms with Gasteiger partial charge in [-0.3, -0.25) is 9.80 Å². The lowest BCUT2D eigenvalue weighted by Gasteiger charge is -2.35. The molecule has 3 aliphatic rings. The molecule has 2 fully saturated rings. The van der Waals surface area contributed by atoms with Crippen molar-refractivity contribution < 1.29 is 4.52 Å². The number of hydrogen-bond donors (Lipinski definition) is 0. The molecule has 6 rings (SSSR count). The number of aromatic nitrogens is 4. The van der Waals surface area contributed by atoms with Crippen molar-refractivity contribution in [3.8, 4) is 0 Å². The number of likely N-dealkylation sites (tertiary alicyclic amines) is 1. The molecule has 2 aliphatic heterocycles. The summed E-state index contributed by atoms with van der Waals surface area (Å²) in [6, 6.07) is 0. The molecule has 0 radical (unpaired) electrons. The third-order valence-electron chi connectivity index (χ3n) is 7.86. The lowest BCUT2D eigenvalue weighted by molar-refractivity contribution is 0.181. The third kappa shape index (κ3) is 4.82. The zero-order valence-corrected chi connectivity index (χ0v) is 22.1. The Morgan fingerprint density at radius 1 is 0.943 bits per heavy atom. The smallest absolute Gasteiger partial charge is 0.240 e. The molecule has 0 amide bonds. The number of rotatable bonds is 6. The molecular formula is C26H37N7OS. The Morgan fingerprint density at radius 2 is 1.71 bits per heavy atom. The van der Waals surface area contributed by atoms with Crippen LogP contribution >= 0.6 is 11.3 Å². The van der Waals surface area contributed by atoms with Crippen molar-refractivity contribution in [1.82, 2.24) is 29.9 Å². The highest BCUT2D eigenvalue weighted by Gasteiger charge is 2.28. The molecular weight excluding hydrogens is 458 g/mol. The first-order valence-electron chi connectivity index (χ1n) is 13.4. The molecule has 0 spiro atoms. The quantitative estimate of drug-likeness (QED) is 0.503. The molecule has 0 bridgehead atoms. The van der Waals surface area contributed by atoms with Gasteiger partial charge in [0.2, 0.25) is 5.89 Å². The predicted molar refractivity (Wildman–Crippen MR) is 139 cm³/mol. The van der Waals surface area contributed by atoms with Crippen molar-refractivity contribution in [2.75, 3.05) is 44.2 Å². The molecule has 0 N–H and O–H groups in total. The van der Waals surface area contributed by atoms with Crippen LogP contribution < -0.4 is 4.90 Å². The molecule has 8 nitrogen and oxygen atoms in total. The maximum atomic E-state index is 5.49. The van der Waals surface area contributed by atoms with Gasteiger partial charge >= 0.3 is 0 Å². The highest BCUT2D eigenvalue weighted by molar-refractivity contribution is 7.19. The standard InChI is InChI=1S/C26H37N7OS/c1-17(2)24-29-22(34-30-24)16-32-11-13-33(14-12-32)25-23-19-5-4-6-20(19)35-26(23)28-21(27-25)15-31-9-7-18(3)8-10-31/h17-18H,4-16H2,1-3H3. The van der Waals surface area contributed by atoms with Gasteiger partial charge in [-0.2, -0.15) is 4.98 Å². The van der Waals surface area contributed by atoms with Crippen LogP contribution in [-0.4, -0.2) is 69.2 Å². The molecule has 0 unspecified atom stereocenters. The summed E-state index contributed by atoms with van der Waals surface area (Å²) in [6.45, 7) is 14.3. The lowest BCUT2D eigenvalue weighted by Crippen LogP contribution is -2.46. The average molecular weight is 496 g/mol. The predicted octanol–water partition coefficient (Wildman–Crippen LogP) is 4.24. The Labute approximate surface area is 211 Å². The van der Waals surface area contributed by atoms with E-state index in [4.69, 9.17) is 14.5 Å². The molecule has 3 aromatic rings. The molecule has 0 aromatic carbocycles. The van der Waals surface area contributed by atoms with Crippen LogP contribution in [0, 0.1) is 5.92 Å². The molecule has 188 valence electrons. The highest BCUT2D eigenvalue weighted by Crippen LogP contribution is 2.41. The average Bonchev–Trinajstić information content (AvgIpc) is 3.57. The van der Waals surface area contributed by atoms with E-state index in [0.717, 1.165) is 75.8 Å². The number of piperidine rings is 1. The second kappa shape index (κ2) is 9.75. The van der Waals surface area contributed by atoms with Crippen molar-refractivity contribution in [3.05, 3.63) is 28.0 Å². The molecule has 3 aromatic heterocycles. The van der Waals surface area contributed by atoms with E-state index in [-0.39, 0.29) is 0 Å². The Balaban J connectivity index is 1.21. The minimum Gasteiger partial charge on any atom is -0.353 e. The molecule has 0 saturated carbocycles. The van der Waals surface area contributed by atoms with Crippen molar-refractivity contribution in [3.63, 3.8) is 0 Å². The Kier molecular flexibility index (Phi) is 6.49. The van der Waals surface area contributed by atoms with Gasteiger partial charge in [0.1, 0.15) is 16.5 Å². The van der Waals surface area contributed by atoms with Gasteiger partial charge in [-0.05, 0) is 56.7 Å². The monoisotopic (exact) mass is 495 g/mol. The molecule has 35 heavy (non-hydrogen) atoms. The van der Waals surface area contributed by atoms with Crippen LogP contribution in [0.25, 0.3) is 10.2 Å². The van der Waals surface area contributed by atoms with Gasteiger partial charge in [0.15, 0.2) is 5.82 Å². The van der Waals surface area contributed by atoms with E-state index < -0.39 is 0 Å².